The van der Waals surface area contributed by atoms with Crippen LogP contribution in [0.3, 0.4) is 0 Å². The molecule has 0 saturated heterocycles. The molecular weight excluding hydrogens is 380 g/mol. The summed E-state index contributed by atoms with van der Waals surface area (Å²) in [6.07, 6.45) is 0.345. The highest BCUT2D eigenvalue weighted by atomic mass is 32.2. The Hall–Kier alpha value is -3.05. The lowest BCUT2D eigenvalue weighted by molar-refractivity contribution is -0.116. The summed E-state index contributed by atoms with van der Waals surface area (Å²) < 4.78 is 5.27. The van der Waals surface area contributed by atoms with E-state index in [9.17, 15) is 4.79 Å². The number of para-hydroxylation sites is 1. The Labute approximate surface area is 175 Å². The molecule has 0 aliphatic carbocycles. The van der Waals surface area contributed by atoms with Crippen molar-refractivity contribution in [1.29, 1.82) is 0 Å². The fraction of sp³-hybridized carbons (Fsp3) is 0.167. The van der Waals surface area contributed by atoms with Crippen LogP contribution in [0.15, 0.2) is 82.7 Å². The third-order valence-corrected chi connectivity index (χ3v) is 6.05. The molecule has 0 saturated carbocycles. The van der Waals surface area contributed by atoms with Gasteiger partial charge in [-0.25, -0.2) is 0 Å². The Balaban J connectivity index is 1.59. The van der Waals surface area contributed by atoms with Gasteiger partial charge >= 0.3 is 0 Å². The minimum Gasteiger partial charge on any atom is -0.497 e. The summed E-state index contributed by atoms with van der Waals surface area (Å²) in [5, 5.41) is 2.94. The minimum absolute atomic E-state index is 0.0213. The van der Waals surface area contributed by atoms with Crippen LogP contribution in [0.5, 0.6) is 5.75 Å². The molecule has 1 heterocycles. The molecule has 0 bridgehead atoms. The largest absolute Gasteiger partial charge is 0.497 e. The molecule has 5 heteroatoms. The summed E-state index contributed by atoms with van der Waals surface area (Å²) in [5.41, 5.74) is 4.83. The van der Waals surface area contributed by atoms with E-state index >= 15 is 0 Å². The van der Waals surface area contributed by atoms with Crippen molar-refractivity contribution in [3.8, 4) is 5.75 Å². The van der Waals surface area contributed by atoms with E-state index in [0.717, 1.165) is 38.9 Å². The Morgan fingerprint density at radius 2 is 1.76 bits per heavy atom. The van der Waals surface area contributed by atoms with Gasteiger partial charge in [-0.1, -0.05) is 29.8 Å². The average Bonchev–Trinajstić information content (AvgIpc) is 2.75. The Morgan fingerprint density at radius 3 is 2.48 bits per heavy atom. The predicted octanol–water partition coefficient (Wildman–Crippen LogP) is 5.63. The van der Waals surface area contributed by atoms with Crippen molar-refractivity contribution in [3.05, 3.63) is 83.9 Å². The molecule has 1 aliphatic rings. The van der Waals surface area contributed by atoms with Crippen LogP contribution in [-0.4, -0.2) is 24.0 Å². The summed E-state index contributed by atoms with van der Waals surface area (Å²) in [6.45, 7) is 2.03. The van der Waals surface area contributed by atoms with Crippen LogP contribution in [0.2, 0.25) is 0 Å². The van der Waals surface area contributed by atoms with Crippen LogP contribution in [-0.2, 0) is 4.79 Å². The summed E-state index contributed by atoms with van der Waals surface area (Å²) in [4.78, 5) is 18.7. The van der Waals surface area contributed by atoms with Crippen molar-refractivity contribution in [2.45, 2.75) is 23.5 Å². The number of benzene rings is 3. The number of fused-ring (bicyclic) bond motifs is 1. The van der Waals surface area contributed by atoms with E-state index in [0.29, 0.717) is 6.42 Å². The van der Waals surface area contributed by atoms with E-state index in [1.54, 1.807) is 18.9 Å². The maximum Gasteiger partial charge on any atom is 0.225 e. The van der Waals surface area contributed by atoms with Gasteiger partial charge in [-0.2, -0.15) is 0 Å². The zero-order valence-corrected chi connectivity index (χ0v) is 17.2. The summed E-state index contributed by atoms with van der Waals surface area (Å²) in [7, 11) is 1.65. The first kappa shape index (κ1) is 19.3. The maximum absolute atomic E-state index is 12.8. The quantitative estimate of drug-likeness (QED) is 0.602. The molecule has 0 fully saturated rings. The molecule has 1 aliphatic heterocycles. The molecule has 146 valence electrons. The number of carbonyl (C=O) groups excluding carboxylic acids is 1. The van der Waals surface area contributed by atoms with Crippen molar-refractivity contribution in [2.75, 3.05) is 12.4 Å². The second kappa shape index (κ2) is 8.53. The standard InChI is InChI=1S/C24H22N2O2S/c1-16-7-11-18(12-8-16)25-23(27)15-22-24(17-9-13-19(28-2)14-10-17)26-20-5-3-4-6-21(20)29-22/h3-14,22H,15H2,1-2H3,(H,25,27). The van der Waals surface area contributed by atoms with Crippen molar-refractivity contribution < 1.29 is 9.53 Å². The fourth-order valence-corrected chi connectivity index (χ4v) is 4.46. The Kier molecular flexibility index (Phi) is 5.67. The first-order chi connectivity index (χ1) is 14.1. The van der Waals surface area contributed by atoms with Crippen LogP contribution in [0.1, 0.15) is 17.5 Å². The molecule has 1 atom stereocenters. The number of rotatable bonds is 5. The van der Waals surface area contributed by atoms with Crippen LogP contribution in [0.25, 0.3) is 0 Å². The van der Waals surface area contributed by atoms with Gasteiger partial charge in [0.15, 0.2) is 0 Å². The molecule has 1 N–H and O–H groups in total. The first-order valence-electron chi connectivity index (χ1n) is 9.47. The smallest absolute Gasteiger partial charge is 0.225 e. The second-order valence-electron chi connectivity index (χ2n) is 6.92. The van der Waals surface area contributed by atoms with E-state index in [-0.39, 0.29) is 11.2 Å². The van der Waals surface area contributed by atoms with Gasteiger partial charge in [-0.05, 0) is 61.0 Å². The summed E-state index contributed by atoms with van der Waals surface area (Å²) >= 11 is 1.69. The number of aryl methyl sites for hydroxylation is 1. The number of ether oxygens (including phenoxy) is 1. The second-order valence-corrected chi connectivity index (χ2v) is 8.16. The number of nitrogens with one attached hydrogen (secondary N) is 1. The van der Waals surface area contributed by atoms with Gasteiger partial charge in [0.05, 0.1) is 23.8 Å². The average molecular weight is 403 g/mol. The number of anilines is 1. The number of carbonyl (C=O) groups is 1. The number of amides is 1. The lowest BCUT2D eigenvalue weighted by atomic mass is 10.0. The molecule has 4 nitrogen and oxygen atoms in total. The van der Waals surface area contributed by atoms with Crippen molar-refractivity contribution >= 4 is 34.8 Å². The van der Waals surface area contributed by atoms with Gasteiger partial charge < -0.3 is 10.1 Å². The van der Waals surface area contributed by atoms with E-state index in [2.05, 4.69) is 11.4 Å². The molecule has 3 aromatic carbocycles. The molecule has 4 rings (SSSR count). The monoisotopic (exact) mass is 402 g/mol. The van der Waals surface area contributed by atoms with Crippen molar-refractivity contribution in [2.24, 2.45) is 4.99 Å². The van der Waals surface area contributed by atoms with Gasteiger partial charge in [0.2, 0.25) is 5.91 Å². The number of aliphatic imine (C=N–C) groups is 1. The number of methoxy groups -OCH3 is 1. The fourth-order valence-electron chi connectivity index (χ4n) is 3.23. The van der Waals surface area contributed by atoms with E-state index in [1.165, 1.54) is 0 Å². The zero-order valence-electron chi connectivity index (χ0n) is 16.4. The minimum atomic E-state index is -0.0660. The summed E-state index contributed by atoms with van der Waals surface area (Å²) in [5.74, 6) is 0.777. The number of hydrogen-bond donors (Lipinski definition) is 1. The maximum atomic E-state index is 12.8. The van der Waals surface area contributed by atoms with Crippen molar-refractivity contribution in [3.63, 3.8) is 0 Å². The van der Waals surface area contributed by atoms with Gasteiger partial charge in [-0.15, -0.1) is 11.8 Å². The van der Waals surface area contributed by atoms with Gasteiger partial charge in [-0.3, -0.25) is 9.79 Å². The third-order valence-electron chi connectivity index (χ3n) is 4.77. The lowest BCUT2D eigenvalue weighted by Crippen LogP contribution is -2.27. The van der Waals surface area contributed by atoms with Crippen molar-refractivity contribution in [1.82, 2.24) is 0 Å². The first-order valence-corrected chi connectivity index (χ1v) is 10.4. The number of nitrogens with zero attached hydrogens (tertiary/aromatic N) is 1. The molecule has 1 amide bonds. The Bertz CT molecular complexity index is 1040. The lowest BCUT2D eigenvalue weighted by Gasteiger charge is -2.24. The van der Waals surface area contributed by atoms with E-state index < -0.39 is 0 Å². The van der Waals surface area contributed by atoms with Crippen LogP contribution < -0.4 is 10.1 Å². The molecule has 0 spiro atoms. The van der Waals surface area contributed by atoms with Crippen LogP contribution in [0.4, 0.5) is 11.4 Å². The van der Waals surface area contributed by atoms with E-state index in [4.69, 9.17) is 9.73 Å². The molecule has 29 heavy (non-hydrogen) atoms. The van der Waals surface area contributed by atoms with Gasteiger partial charge in [0.1, 0.15) is 5.75 Å². The molecular formula is C24H22N2O2S. The SMILES string of the molecule is COc1ccc(C2=Nc3ccccc3SC2CC(=O)Nc2ccc(C)cc2)cc1. The number of hydrogen-bond acceptors (Lipinski definition) is 4. The van der Waals surface area contributed by atoms with E-state index in [1.807, 2.05) is 73.7 Å². The van der Waals surface area contributed by atoms with Crippen LogP contribution in [0, 0.1) is 6.92 Å². The van der Waals surface area contributed by atoms with Gasteiger partial charge in [0, 0.05) is 17.0 Å². The number of thioether (sulfide) groups is 1. The third kappa shape index (κ3) is 4.51. The van der Waals surface area contributed by atoms with Crippen LogP contribution >= 0.6 is 11.8 Å². The highest BCUT2D eigenvalue weighted by Gasteiger charge is 2.27. The summed E-state index contributed by atoms with van der Waals surface area (Å²) in [6, 6.07) is 23.7. The molecule has 0 aromatic heterocycles. The topological polar surface area (TPSA) is 50.7 Å². The normalized spacial score (nSPS) is 15.2. The highest BCUT2D eigenvalue weighted by molar-refractivity contribution is 8.01. The highest BCUT2D eigenvalue weighted by Crippen LogP contribution is 2.40. The molecule has 3 aromatic rings. The predicted molar refractivity (Wildman–Crippen MR) is 120 cm³/mol. The Morgan fingerprint density at radius 1 is 1.03 bits per heavy atom. The van der Waals surface area contributed by atoms with Gasteiger partial charge in [0.25, 0.3) is 0 Å². The zero-order chi connectivity index (χ0) is 20.2. The molecule has 0 radical (unpaired) electrons. The molecule has 1 unspecified atom stereocenters.